The Bertz CT molecular complexity index is 410. The molecular weight excluding hydrogens is 212 g/mol. The van der Waals surface area contributed by atoms with Crippen molar-refractivity contribution in [3.8, 4) is 6.07 Å². The van der Waals surface area contributed by atoms with Crippen LogP contribution >= 0.6 is 0 Å². The summed E-state index contributed by atoms with van der Waals surface area (Å²) in [6.45, 7) is 0. The van der Waals surface area contributed by atoms with Crippen LogP contribution in [0.5, 0.6) is 0 Å². The lowest BCUT2D eigenvalue weighted by Gasteiger charge is -2.15. The maximum absolute atomic E-state index is 10.3. The minimum atomic E-state index is -1.42. The predicted molar refractivity (Wildman–Crippen MR) is 52.2 cm³/mol. The van der Waals surface area contributed by atoms with Gasteiger partial charge in [0.2, 0.25) is 0 Å². The molecule has 2 unspecified atom stereocenters. The van der Waals surface area contributed by atoms with Crippen LogP contribution in [0.4, 0.5) is 0 Å². The maximum atomic E-state index is 10.3. The largest absolute Gasteiger partial charge is 0.481 e. The number of carbonyl (C=O) groups is 1. The fourth-order valence-corrected chi connectivity index (χ4v) is 1.13. The van der Waals surface area contributed by atoms with E-state index in [4.69, 9.17) is 10.4 Å². The lowest BCUT2D eigenvalue weighted by Crippen LogP contribution is -2.22. The molecule has 1 heterocycles. The second-order valence-electron chi connectivity index (χ2n) is 3.19. The fraction of sp³-hybridized carbons (Fsp3) is 0.300. The van der Waals surface area contributed by atoms with E-state index < -0.39 is 24.6 Å². The normalized spacial score (nSPS) is 13.8. The van der Waals surface area contributed by atoms with Gasteiger partial charge in [0.25, 0.3) is 0 Å². The van der Waals surface area contributed by atoms with Gasteiger partial charge in [-0.05, 0) is 12.1 Å². The Balaban J connectivity index is 2.76. The van der Waals surface area contributed by atoms with E-state index in [1.807, 2.05) is 6.07 Å². The highest BCUT2D eigenvalue weighted by atomic mass is 16.4. The van der Waals surface area contributed by atoms with Crippen LogP contribution in [0.15, 0.2) is 18.3 Å². The molecule has 6 nitrogen and oxygen atoms in total. The van der Waals surface area contributed by atoms with Crippen LogP contribution in [-0.2, 0) is 4.79 Å². The SMILES string of the molecule is N#Cc1ccc(C(O)C(O)CC(=O)O)nc1. The first-order valence-corrected chi connectivity index (χ1v) is 4.48. The zero-order chi connectivity index (χ0) is 12.1. The quantitative estimate of drug-likeness (QED) is 0.651. The van der Waals surface area contributed by atoms with Crippen LogP contribution in [-0.4, -0.2) is 32.4 Å². The lowest BCUT2D eigenvalue weighted by molar-refractivity contribution is -0.141. The summed E-state index contributed by atoms with van der Waals surface area (Å²) in [6, 6.07) is 4.65. The molecule has 0 saturated carbocycles. The van der Waals surface area contributed by atoms with Gasteiger partial charge in [0.15, 0.2) is 0 Å². The van der Waals surface area contributed by atoms with Crippen LogP contribution in [0.25, 0.3) is 0 Å². The Kier molecular flexibility index (Phi) is 3.94. The average Bonchev–Trinajstić information content (AvgIpc) is 2.27. The summed E-state index contributed by atoms with van der Waals surface area (Å²) in [5, 5.41) is 35.8. The van der Waals surface area contributed by atoms with E-state index in [-0.39, 0.29) is 5.69 Å². The molecule has 0 bridgehead atoms. The number of nitriles is 1. The third kappa shape index (κ3) is 3.02. The number of carboxylic acid groups (broad SMARTS) is 1. The van der Waals surface area contributed by atoms with Gasteiger partial charge in [-0.3, -0.25) is 9.78 Å². The molecule has 84 valence electrons. The summed E-state index contributed by atoms with van der Waals surface area (Å²) in [6.07, 6.45) is -2.11. The third-order valence-electron chi connectivity index (χ3n) is 1.97. The number of aliphatic hydroxyl groups excluding tert-OH is 2. The maximum Gasteiger partial charge on any atom is 0.306 e. The summed E-state index contributed by atoms with van der Waals surface area (Å²) in [7, 11) is 0. The molecule has 0 aromatic carbocycles. The van der Waals surface area contributed by atoms with Crippen molar-refractivity contribution in [3.05, 3.63) is 29.6 Å². The topological polar surface area (TPSA) is 114 Å². The van der Waals surface area contributed by atoms with E-state index in [0.717, 1.165) is 0 Å². The molecule has 0 fully saturated rings. The van der Waals surface area contributed by atoms with Gasteiger partial charge in [-0.2, -0.15) is 5.26 Å². The number of hydrogen-bond acceptors (Lipinski definition) is 5. The molecular formula is C10H10N2O4. The average molecular weight is 222 g/mol. The second-order valence-corrected chi connectivity index (χ2v) is 3.19. The van der Waals surface area contributed by atoms with Crippen LogP contribution < -0.4 is 0 Å². The van der Waals surface area contributed by atoms with Crippen molar-refractivity contribution >= 4 is 5.97 Å². The number of aliphatic hydroxyl groups is 2. The third-order valence-corrected chi connectivity index (χ3v) is 1.97. The van der Waals surface area contributed by atoms with E-state index in [1.54, 1.807) is 0 Å². The molecule has 1 rings (SSSR count). The van der Waals surface area contributed by atoms with E-state index in [1.165, 1.54) is 18.3 Å². The fourth-order valence-electron chi connectivity index (χ4n) is 1.13. The summed E-state index contributed by atoms with van der Waals surface area (Å²) in [5.74, 6) is -1.21. The number of nitrogens with zero attached hydrogens (tertiary/aromatic N) is 2. The van der Waals surface area contributed by atoms with E-state index in [0.29, 0.717) is 5.56 Å². The standard InChI is InChI=1S/C10H10N2O4/c11-4-6-1-2-7(12-5-6)10(16)8(13)3-9(14)15/h1-2,5,8,10,13,16H,3H2,(H,14,15). The number of aliphatic carboxylic acids is 1. The van der Waals surface area contributed by atoms with Crippen LogP contribution in [0.3, 0.4) is 0 Å². The highest BCUT2D eigenvalue weighted by Gasteiger charge is 2.22. The molecule has 16 heavy (non-hydrogen) atoms. The smallest absolute Gasteiger partial charge is 0.306 e. The van der Waals surface area contributed by atoms with Gasteiger partial charge in [-0.15, -0.1) is 0 Å². The number of rotatable bonds is 4. The molecule has 0 saturated heterocycles. The van der Waals surface area contributed by atoms with Crippen LogP contribution in [0.1, 0.15) is 23.8 Å². The Labute approximate surface area is 91.4 Å². The van der Waals surface area contributed by atoms with Crippen LogP contribution in [0.2, 0.25) is 0 Å². The molecule has 0 aliphatic rings. The zero-order valence-corrected chi connectivity index (χ0v) is 8.24. The van der Waals surface area contributed by atoms with Crippen molar-refractivity contribution in [1.82, 2.24) is 4.98 Å². The van der Waals surface area contributed by atoms with Gasteiger partial charge in [0, 0.05) is 6.20 Å². The van der Waals surface area contributed by atoms with Gasteiger partial charge < -0.3 is 15.3 Å². The van der Waals surface area contributed by atoms with Gasteiger partial charge >= 0.3 is 5.97 Å². The Morgan fingerprint density at radius 2 is 2.19 bits per heavy atom. The molecule has 2 atom stereocenters. The zero-order valence-electron chi connectivity index (χ0n) is 8.24. The monoisotopic (exact) mass is 222 g/mol. The molecule has 1 aromatic rings. The first-order chi connectivity index (χ1) is 7.54. The summed E-state index contributed by atoms with van der Waals surface area (Å²) >= 11 is 0. The first kappa shape index (κ1) is 12.1. The van der Waals surface area contributed by atoms with Gasteiger partial charge in [-0.25, -0.2) is 0 Å². The molecule has 0 radical (unpaired) electrons. The van der Waals surface area contributed by atoms with Gasteiger partial charge in [0.1, 0.15) is 12.2 Å². The first-order valence-electron chi connectivity index (χ1n) is 4.48. The Morgan fingerprint density at radius 1 is 1.50 bits per heavy atom. The van der Waals surface area contributed by atoms with E-state index >= 15 is 0 Å². The molecule has 0 aliphatic carbocycles. The summed E-state index contributed by atoms with van der Waals surface area (Å²) < 4.78 is 0. The lowest BCUT2D eigenvalue weighted by atomic mass is 10.1. The van der Waals surface area contributed by atoms with Gasteiger partial charge in [0.05, 0.1) is 23.8 Å². The second kappa shape index (κ2) is 5.21. The molecule has 1 aromatic heterocycles. The molecule has 6 heteroatoms. The summed E-state index contributed by atoms with van der Waals surface area (Å²) in [4.78, 5) is 14.1. The highest BCUT2D eigenvalue weighted by Crippen LogP contribution is 2.16. The Hall–Kier alpha value is -1.97. The van der Waals surface area contributed by atoms with Crippen molar-refractivity contribution in [1.29, 1.82) is 5.26 Å². The van der Waals surface area contributed by atoms with Gasteiger partial charge in [-0.1, -0.05) is 0 Å². The van der Waals surface area contributed by atoms with E-state index in [2.05, 4.69) is 4.98 Å². The predicted octanol–water partition coefficient (Wildman–Crippen LogP) is -0.178. The van der Waals surface area contributed by atoms with Crippen LogP contribution in [0, 0.1) is 11.3 Å². The van der Waals surface area contributed by atoms with Crippen molar-refractivity contribution in [3.63, 3.8) is 0 Å². The molecule has 0 aliphatic heterocycles. The highest BCUT2D eigenvalue weighted by molar-refractivity contribution is 5.67. The number of pyridine rings is 1. The molecule has 0 amide bonds. The molecule has 0 spiro atoms. The number of carboxylic acids is 1. The van der Waals surface area contributed by atoms with Crippen molar-refractivity contribution < 1.29 is 20.1 Å². The number of aromatic nitrogens is 1. The minimum absolute atomic E-state index is 0.132. The van der Waals surface area contributed by atoms with Crippen molar-refractivity contribution in [2.24, 2.45) is 0 Å². The minimum Gasteiger partial charge on any atom is -0.481 e. The van der Waals surface area contributed by atoms with Crippen molar-refractivity contribution in [2.75, 3.05) is 0 Å². The Morgan fingerprint density at radius 3 is 2.62 bits per heavy atom. The van der Waals surface area contributed by atoms with E-state index in [9.17, 15) is 15.0 Å². The van der Waals surface area contributed by atoms with Crippen molar-refractivity contribution in [2.45, 2.75) is 18.6 Å². The molecule has 3 N–H and O–H groups in total. The number of hydrogen-bond donors (Lipinski definition) is 3. The summed E-state index contributed by atoms with van der Waals surface area (Å²) in [5.41, 5.74) is 0.455.